The number of carbonyl (C=O) groups is 2. The van der Waals surface area contributed by atoms with Crippen LogP contribution in [0.3, 0.4) is 0 Å². The van der Waals surface area contributed by atoms with Crippen LogP contribution in [-0.2, 0) is 9.59 Å². The predicted molar refractivity (Wildman–Crippen MR) is 58.4 cm³/mol. The average Bonchev–Trinajstić information content (AvgIpc) is 2.10. The van der Waals surface area contributed by atoms with Crippen LogP contribution >= 0.6 is 0 Å². The Morgan fingerprint density at radius 3 is 2.25 bits per heavy atom. The molecule has 0 bridgehead atoms. The number of nitrogens with zero attached hydrogens (tertiary/aromatic N) is 2. The fraction of sp³-hybridized carbons (Fsp3) is 0.727. The molecule has 0 spiro atoms. The van der Waals surface area contributed by atoms with Crippen molar-refractivity contribution in [2.45, 2.75) is 27.2 Å². The number of aliphatic carboxylic acids is 1. The van der Waals surface area contributed by atoms with E-state index < -0.39 is 23.2 Å². The van der Waals surface area contributed by atoms with Crippen molar-refractivity contribution >= 4 is 11.9 Å². The molecular weight excluding hydrogens is 208 g/mol. The molecule has 0 aliphatic carbocycles. The Balaban J connectivity index is 4.78. The van der Waals surface area contributed by atoms with Crippen molar-refractivity contribution in [3.8, 4) is 6.07 Å². The SMILES string of the molecule is CN(CCC#N)C(=O)C(C(=O)O)C(C)(C)C. The monoisotopic (exact) mass is 226 g/mol. The molecule has 1 N–H and O–H groups in total. The van der Waals surface area contributed by atoms with E-state index in [0.29, 0.717) is 0 Å². The molecule has 1 atom stereocenters. The highest BCUT2D eigenvalue weighted by Gasteiger charge is 2.39. The lowest BCUT2D eigenvalue weighted by atomic mass is 9.80. The molecule has 0 saturated heterocycles. The van der Waals surface area contributed by atoms with Gasteiger partial charge in [-0.05, 0) is 5.41 Å². The molecule has 0 fully saturated rings. The minimum atomic E-state index is -1.12. The standard InChI is InChI=1S/C11H18N2O3/c1-11(2,3)8(10(15)16)9(14)13(4)7-5-6-12/h8H,5,7H2,1-4H3,(H,15,16). The Hall–Kier alpha value is -1.57. The van der Waals surface area contributed by atoms with Crippen molar-refractivity contribution < 1.29 is 14.7 Å². The number of rotatable bonds is 4. The summed E-state index contributed by atoms with van der Waals surface area (Å²) in [4.78, 5) is 24.2. The Morgan fingerprint density at radius 1 is 1.44 bits per heavy atom. The second kappa shape index (κ2) is 5.50. The molecule has 5 heteroatoms. The number of hydrogen-bond acceptors (Lipinski definition) is 3. The number of amides is 1. The van der Waals surface area contributed by atoms with Crippen molar-refractivity contribution in [3.05, 3.63) is 0 Å². The predicted octanol–water partition coefficient (Wildman–Crippen LogP) is 1.11. The van der Waals surface area contributed by atoms with Gasteiger partial charge in [-0.25, -0.2) is 0 Å². The maximum atomic E-state index is 11.9. The quantitative estimate of drug-likeness (QED) is 0.728. The van der Waals surface area contributed by atoms with Crippen LogP contribution in [0, 0.1) is 22.7 Å². The van der Waals surface area contributed by atoms with Gasteiger partial charge in [0.1, 0.15) is 5.92 Å². The lowest BCUT2D eigenvalue weighted by molar-refractivity contribution is -0.155. The summed E-state index contributed by atoms with van der Waals surface area (Å²) in [5.41, 5.74) is -0.635. The van der Waals surface area contributed by atoms with Crippen LogP contribution < -0.4 is 0 Å². The molecule has 0 saturated carbocycles. The van der Waals surface area contributed by atoms with Crippen molar-refractivity contribution in [2.24, 2.45) is 11.3 Å². The fourth-order valence-electron chi connectivity index (χ4n) is 1.39. The molecule has 0 aromatic rings. The zero-order valence-corrected chi connectivity index (χ0v) is 10.1. The molecule has 16 heavy (non-hydrogen) atoms. The lowest BCUT2D eigenvalue weighted by Crippen LogP contribution is -2.43. The Morgan fingerprint density at radius 2 is 1.94 bits per heavy atom. The maximum Gasteiger partial charge on any atom is 0.316 e. The summed E-state index contributed by atoms with van der Waals surface area (Å²) < 4.78 is 0. The highest BCUT2D eigenvalue weighted by atomic mass is 16.4. The number of carbonyl (C=O) groups excluding carboxylic acids is 1. The molecule has 0 aromatic heterocycles. The summed E-state index contributed by atoms with van der Waals surface area (Å²) in [5, 5.41) is 17.4. The van der Waals surface area contributed by atoms with Crippen LogP contribution in [0.2, 0.25) is 0 Å². The van der Waals surface area contributed by atoms with E-state index in [0.717, 1.165) is 0 Å². The Bertz CT molecular complexity index is 312. The first-order valence-corrected chi connectivity index (χ1v) is 5.06. The van der Waals surface area contributed by atoms with Gasteiger partial charge in [0.15, 0.2) is 0 Å². The van der Waals surface area contributed by atoms with Crippen LogP contribution in [0.4, 0.5) is 0 Å². The summed E-state index contributed by atoms with van der Waals surface area (Å²) in [6.45, 7) is 5.39. The van der Waals surface area contributed by atoms with Crippen LogP contribution in [-0.4, -0.2) is 35.5 Å². The normalized spacial score (nSPS) is 12.7. The minimum absolute atomic E-state index is 0.207. The van der Waals surface area contributed by atoms with Crippen LogP contribution in [0.25, 0.3) is 0 Å². The molecule has 90 valence electrons. The smallest absolute Gasteiger partial charge is 0.316 e. The summed E-state index contributed by atoms with van der Waals surface area (Å²) in [7, 11) is 1.52. The number of carboxylic acids is 1. The van der Waals surface area contributed by atoms with E-state index >= 15 is 0 Å². The van der Waals surface area contributed by atoms with Gasteiger partial charge in [0.05, 0.1) is 12.5 Å². The van der Waals surface area contributed by atoms with Gasteiger partial charge in [-0.15, -0.1) is 0 Å². The second-order valence-corrected chi connectivity index (χ2v) is 4.81. The first kappa shape index (κ1) is 14.4. The summed E-state index contributed by atoms with van der Waals surface area (Å²) >= 11 is 0. The molecule has 1 unspecified atom stereocenters. The van der Waals surface area contributed by atoms with Crippen LogP contribution in [0.15, 0.2) is 0 Å². The lowest BCUT2D eigenvalue weighted by Gasteiger charge is -2.29. The largest absolute Gasteiger partial charge is 0.481 e. The van der Waals surface area contributed by atoms with Crippen molar-refractivity contribution in [2.75, 3.05) is 13.6 Å². The van der Waals surface area contributed by atoms with Gasteiger partial charge in [-0.2, -0.15) is 5.26 Å². The van der Waals surface area contributed by atoms with Crippen molar-refractivity contribution in [1.82, 2.24) is 4.90 Å². The third-order valence-electron chi connectivity index (χ3n) is 2.30. The van der Waals surface area contributed by atoms with Crippen LogP contribution in [0.5, 0.6) is 0 Å². The van der Waals surface area contributed by atoms with Gasteiger partial charge in [0, 0.05) is 13.6 Å². The average molecular weight is 226 g/mol. The van der Waals surface area contributed by atoms with Gasteiger partial charge < -0.3 is 10.0 Å². The van der Waals surface area contributed by atoms with E-state index in [1.807, 2.05) is 6.07 Å². The molecule has 0 heterocycles. The number of hydrogen-bond donors (Lipinski definition) is 1. The Labute approximate surface area is 95.7 Å². The zero-order chi connectivity index (χ0) is 12.9. The first-order chi connectivity index (χ1) is 7.21. The van der Waals surface area contributed by atoms with Crippen molar-refractivity contribution in [3.63, 3.8) is 0 Å². The summed E-state index contributed by atoms with van der Waals surface area (Å²) in [6, 6.07) is 1.92. The molecule has 1 amide bonds. The fourth-order valence-corrected chi connectivity index (χ4v) is 1.39. The number of nitriles is 1. The first-order valence-electron chi connectivity index (χ1n) is 5.06. The maximum absolute atomic E-state index is 11.9. The molecule has 0 aromatic carbocycles. The summed E-state index contributed by atoms with van der Waals surface area (Å²) in [6.07, 6.45) is 0.207. The van der Waals surface area contributed by atoms with Crippen molar-refractivity contribution in [1.29, 1.82) is 5.26 Å². The second-order valence-electron chi connectivity index (χ2n) is 4.81. The minimum Gasteiger partial charge on any atom is -0.481 e. The Kier molecular flexibility index (Phi) is 4.96. The van der Waals surface area contributed by atoms with Gasteiger partial charge in [-0.1, -0.05) is 20.8 Å². The zero-order valence-electron chi connectivity index (χ0n) is 10.1. The molecule has 0 radical (unpaired) electrons. The van der Waals surface area contributed by atoms with E-state index in [4.69, 9.17) is 10.4 Å². The molecular formula is C11H18N2O3. The molecule has 5 nitrogen and oxygen atoms in total. The van der Waals surface area contributed by atoms with E-state index in [2.05, 4.69) is 0 Å². The summed E-state index contributed by atoms with van der Waals surface area (Å²) in [5.74, 6) is -2.65. The molecule has 0 aliphatic heterocycles. The van der Waals surface area contributed by atoms with E-state index in [1.165, 1.54) is 11.9 Å². The third kappa shape index (κ3) is 3.89. The molecule has 0 rings (SSSR count). The van der Waals surface area contributed by atoms with Gasteiger partial charge in [0.25, 0.3) is 0 Å². The van der Waals surface area contributed by atoms with E-state index in [1.54, 1.807) is 20.8 Å². The highest BCUT2D eigenvalue weighted by molar-refractivity contribution is 5.97. The topological polar surface area (TPSA) is 81.4 Å². The van der Waals surface area contributed by atoms with Crippen LogP contribution in [0.1, 0.15) is 27.2 Å². The highest BCUT2D eigenvalue weighted by Crippen LogP contribution is 2.27. The van der Waals surface area contributed by atoms with Gasteiger partial charge >= 0.3 is 5.97 Å². The van der Waals surface area contributed by atoms with Gasteiger partial charge in [-0.3, -0.25) is 9.59 Å². The number of carboxylic acid groups (broad SMARTS) is 1. The van der Waals surface area contributed by atoms with Gasteiger partial charge in [0.2, 0.25) is 5.91 Å². The van der Waals surface area contributed by atoms with E-state index in [9.17, 15) is 9.59 Å². The molecule has 0 aliphatic rings. The third-order valence-corrected chi connectivity index (χ3v) is 2.30. The van der Waals surface area contributed by atoms with E-state index in [-0.39, 0.29) is 13.0 Å².